The second-order valence-corrected chi connectivity index (χ2v) is 4.57. The SMILES string of the molecule is O=C(O)CN1CCO[C@H](c2ccc(F)c(Cl)c2)C1. The molecule has 98 valence electrons. The van der Waals surface area contributed by atoms with E-state index in [0.717, 1.165) is 5.56 Å². The minimum Gasteiger partial charge on any atom is -0.480 e. The molecule has 0 saturated carbocycles. The van der Waals surface area contributed by atoms with Gasteiger partial charge in [0.25, 0.3) is 0 Å². The van der Waals surface area contributed by atoms with E-state index in [9.17, 15) is 9.18 Å². The van der Waals surface area contributed by atoms with Crippen molar-refractivity contribution in [3.8, 4) is 0 Å². The lowest BCUT2D eigenvalue weighted by Crippen LogP contribution is -2.41. The van der Waals surface area contributed by atoms with E-state index in [-0.39, 0.29) is 17.7 Å². The van der Waals surface area contributed by atoms with Crippen LogP contribution in [0.5, 0.6) is 0 Å². The van der Waals surface area contributed by atoms with Crippen LogP contribution in [0.25, 0.3) is 0 Å². The highest BCUT2D eigenvalue weighted by Gasteiger charge is 2.23. The Morgan fingerprint density at radius 1 is 1.61 bits per heavy atom. The van der Waals surface area contributed by atoms with E-state index in [1.807, 2.05) is 0 Å². The molecule has 1 N–H and O–H groups in total. The van der Waals surface area contributed by atoms with Crippen LogP contribution in [0.2, 0.25) is 5.02 Å². The topological polar surface area (TPSA) is 49.8 Å². The van der Waals surface area contributed by atoms with Gasteiger partial charge >= 0.3 is 5.97 Å². The Balaban J connectivity index is 2.08. The smallest absolute Gasteiger partial charge is 0.317 e. The number of rotatable bonds is 3. The summed E-state index contributed by atoms with van der Waals surface area (Å²) >= 11 is 5.72. The maximum Gasteiger partial charge on any atom is 0.317 e. The van der Waals surface area contributed by atoms with E-state index in [1.165, 1.54) is 12.1 Å². The van der Waals surface area contributed by atoms with Gasteiger partial charge < -0.3 is 9.84 Å². The number of nitrogens with zero attached hydrogens (tertiary/aromatic N) is 1. The van der Waals surface area contributed by atoms with Crippen molar-refractivity contribution in [1.29, 1.82) is 0 Å². The zero-order valence-corrected chi connectivity index (χ0v) is 10.4. The summed E-state index contributed by atoms with van der Waals surface area (Å²) < 4.78 is 18.6. The van der Waals surface area contributed by atoms with Gasteiger partial charge in [-0.3, -0.25) is 9.69 Å². The first-order valence-electron chi connectivity index (χ1n) is 5.57. The highest BCUT2D eigenvalue weighted by Crippen LogP contribution is 2.25. The van der Waals surface area contributed by atoms with Gasteiger partial charge in [0.05, 0.1) is 24.3 Å². The van der Waals surface area contributed by atoms with Crippen LogP contribution in [0.1, 0.15) is 11.7 Å². The molecule has 1 heterocycles. The number of benzene rings is 1. The molecule has 1 aliphatic heterocycles. The fourth-order valence-electron chi connectivity index (χ4n) is 1.95. The Morgan fingerprint density at radius 3 is 3.06 bits per heavy atom. The van der Waals surface area contributed by atoms with Gasteiger partial charge in [-0.2, -0.15) is 0 Å². The summed E-state index contributed by atoms with van der Waals surface area (Å²) in [4.78, 5) is 12.4. The molecule has 1 atom stereocenters. The molecule has 18 heavy (non-hydrogen) atoms. The molecule has 4 nitrogen and oxygen atoms in total. The Morgan fingerprint density at radius 2 is 2.39 bits per heavy atom. The third-order valence-corrected chi connectivity index (χ3v) is 3.11. The number of carbonyl (C=O) groups is 1. The summed E-state index contributed by atoms with van der Waals surface area (Å²) in [6, 6.07) is 4.42. The summed E-state index contributed by atoms with van der Waals surface area (Å²) in [5, 5.41) is 8.80. The lowest BCUT2D eigenvalue weighted by Gasteiger charge is -2.32. The number of hydrogen-bond acceptors (Lipinski definition) is 3. The third kappa shape index (κ3) is 3.19. The number of carboxylic acids is 1. The van der Waals surface area contributed by atoms with E-state index in [2.05, 4.69) is 0 Å². The average Bonchev–Trinajstić information content (AvgIpc) is 2.32. The average molecular weight is 274 g/mol. The van der Waals surface area contributed by atoms with Crippen molar-refractivity contribution >= 4 is 17.6 Å². The molecule has 6 heteroatoms. The molecule has 1 aromatic rings. The number of morpholine rings is 1. The molecule has 0 radical (unpaired) electrons. The fourth-order valence-corrected chi connectivity index (χ4v) is 2.14. The predicted molar refractivity (Wildman–Crippen MR) is 64.2 cm³/mol. The van der Waals surface area contributed by atoms with Crippen molar-refractivity contribution < 1.29 is 19.0 Å². The number of halogens is 2. The molecule has 0 amide bonds. The fraction of sp³-hybridized carbons (Fsp3) is 0.417. The molecule has 1 saturated heterocycles. The molecule has 1 aromatic carbocycles. The van der Waals surface area contributed by atoms with E-state index < -0.39 is 11.8 Å². The van der Waals surface area contributed by atoms with E-state index in [4.69, 9.17) is 21.4 Å². The summed E-state index contributed by atoms with van der Waals surface area (Å²) in [5.74, 6) is -1.34. The van der Waals surface area contributed by atoms with Crippen molar-refractivity contribution in [2.24, 2.45) is 0 Å². The van der Waals surface area contributed by atoms with Crippen molar-refractivity contribution in [1.82, 2.24) is 4.90 Å². The maximum atomic E-state index is 13.1. The summed E-state index contributed by atoms with van der Waals surface area (Å²) in [5.41, 5.74) is 0.761. The first kappa shape index (κ1) is 13.3. The Labute approximate surface area is 109 Å². The molecule has 0 aliphatic carbocycles. The van der Waals surface area contributed by atoms with Crippen molar-refractivity contribution in [2.75, 3.05) is 26.2 Å². The summed E-state index contributed by atoms with van der Waals surface area (Å²) in [6.45, 7) is 1.48. The maximum absolute atomic E-state index is 13.1. The first-order valence-corrected chi connectivity index (χ1v) is 5.95. The van der Waals surface area contributed by atoms with Gasteiger partial charge in [-0.25, -0.2) is 4.39 Å². The van der Waals surface area contributed by atoms with Gasteiger partial charge in [-0.15, -0.1) is 0 Å². The molecule has 1 fully saturated rings. The Hall–Kier alpha value is -1.17. The van der Waals surface area contributed by atoms with Crippen LogP contribution in [0.4, 0.5) is 4.39 Å². The Bertz CT molecular complexity index is 455. The lowest BCUT2D eigenvalue weighted by atomic mass is 10.1. The van der Waals surface area contributed by atoms with Crippen LogP contribution in [-0.4, -0.2) is 42.2 Å². The first-order chi connectivity index (χ1) is 8.56. The third-order valence-electron chi connectivity index (χ3n) is 2.82. The highest BCUT2D eigenvalue weighted by atomic mass is 35.5. The zero-order chi connectivity index (χ0) is 13.1. The molecule has 1 aliphatic rings. The number of ether oxygens (including phenoxy) is 1. The van der Waals surface area contributed by atoms with Crippen LogP contribution >= 0.6 is 11.6 Å². The minimum absolute atomic E-state index is 0.0191. The molecule has 0 aromatic heterocycles. The van der Waals surface area contributed by atoms with Crippen molar-refractivity contribution in [3.05, 3.63) is 34.6 Å². The summed E-state index contributed by atoms with van der Waals surface area (Å²) in [7, 11) is 0. The number of carboxylic acid groups (broad SMARTS) is 1. The normalized spacial score (nSPS) is 20.9. The molecular weight excluding hydrogens is 261 g/mol. The van der Waals surface area contributed by atoms with Gasteiger partial charge in [0.1, 0.15) is 5.82 Å². The van der Waals surface area contributed by atoms with Gasteiger partial charge in [0.15, 0.2) is 0 Å². The largest absolute Gasteiger partial charge is 0.480 e. The summed E-state index contributed by atoms with van der Waals surface area (Å²) in [6.07, 6.45) is -0.267. The van der Waals surface area contributed by atoms with Crippen LogP contribution in [0.3, 0.4) is 0 Å². The lowest BCUT2D eigenvalue weighted by molar-refractivity contribution is -0.140. The molecule has 0 spiro atoms. The van der Waals surface area contributed by atoms with Crippen molar-refractivity contribution in [2.45, 2.75) is 6.10 Å². The molecule has 2 rings (SSSR count). The monoisotopic (exact) mass is 273 g/mol. The molecule has 0 unspecified atom stereocenters. The standard InChI is InChI=1S/C12H13ClFNO3/c13-9-5-8(1-2-10(9)14)11-6-15(3-4-18-11)7-12(16)17/h1-2,5,11H,3-4,6-7H2,(H,16,17)/t11-/m0/s1. The van der Waals surface area contributed by atoms with Gasteiger partial charge in [-0.1, -0.05) is 17.7 Å². The predicted octanol–water partition coefficient (Wildman–Crippen LogP) is 1.94. The number of aliphatic carboxylic acids is 1. The number of hydrogen-bond donors (Lipinski definition) is 1. The van der Waals surface area contributed by atoms with E-state index >= 15 is 0 Å². The van der Waals surface area contributed by atoms with Crippen LogP contribution in [0.15, 0.2) is 18.2 Å². The van der Waals surface area contributed by atoms with Crippen LogP contribution < -0.4 is 0 Å². The van der Waals surface area contributed by atoms with Gasteiger partial charge in [0, 0.05) is 13.1 Å². The zero-order valence-electron chi connectivity index (χ0n) is 9.60. The van der Waals surface area contributed by atoms with Crippen molar-refractivity contribution in [3.63, 3.8) is 0 Å². The minimum atomic E-state index is -0.868. The van der Waals surface area contributed by atoms with Crippen LogP contribution in [-0.2, 0) is 9.53 Å². The van der Waals surface area contributed by atoms with Crippen LogP contribution in [0, 0.1) is 5.82 Å². The van der Waals surface area contributed by atoms with Gasteiger partial charge in [-0.05, 0) is 17.7 Å². The van der Waals surface area contributed by atoms with Gasteiger partial charge in [0.2, 0.25) is 0 Å². The Kier molecular flexibility index (Phi) is 4.16. The molecular formula is C12H13ClFNO3. The molecule has 0 bridgehead atoms. The highest BCUT2D eigenvalue weighted by molar-refractivity contribution is 6.30. The second kappa shape index (κ2) is 5.65. The van der Waals surface area contributed by atoms with E-state index in [1.54, 1.807) is 11.0 Å². The second-order valence-electron chi connectivity index (χ2n) is 4.16. The quantitative estimate of drug-likeness (QED) is 0.914. The van der Waals surface area contributed by atoms with E-state index in [0.29, 0.717) is 19.7 Å².